The summed E-state index contributed by atoms with van der Waals surface area (Å²) in [5.41, 5.74) is 4.73. The van der Waals surface area contributed by atoms with Gasteiger partial charge >= 0.3 is 0 Å². The second-order valence-corrected chi connectivity index (χ2v) is 8.47. The van der Waals surface area contributed by atoms with E-state index in [9.17, 15) is 9.18 Å². The van der Waals surface area contributed by atoms with Gasteiger partial charge in [0, 0.05) is 47.0 Å². The highest BCUT2D eigenvalue weighted by molar-refractivity contribution is 5.98. The largest absolute Gasteiger partial charge is 0.335 e. The first-order valence-electron chi connectivity index (χ1n) is 11.5. The van der Waals surface area contributed by atoms with Crippen LogP contribution in [-0.2, 0) is 4.79 Å². The first-order chi connectivity index (χ1) is 18.0. The molecule has 0 aliphatic carbocycles. The van der Waals surface area contributed by atoms with Crippen LogP contribution in [0.2, 0.25) is 0 Å². The number of nitrogens with one attached hydrogen (secondary N) is 3. The van der Waals surface area contributed by atoms with Gasteiger partial charge in [-0.2, -0.15) is 5.10 Å². The Morgan fingerprint density at radius 2 is 1.92 bits per heavy atom. The summed E-state index contributed by atoms with van der Waals surface area (Å²) in [4.78, 5) is 28.1. The van der Waals surface area contributed by atoms with Gasteiger partial charge in [0.2, 0.25) is 5.91 Å². The van der Waals surface area contributed by atoms with E-state index in [-0.39, 0.29) is 11.7 Å². The monoisotopic (exact) mass is 495 g/mol. The van der Waals surface area contributed by atoms with Crippen LogP contribution < -0.4 is 5.32 Å². The molecule has 8 nitrogen and oxygen atoms in total. The summed E-state index contributed by atoms with van der Waals surface area (Å²) in [6.45, 7) is 1.75. The molecule has 0 fully saturated rings. The highest BCUT2D eigenvalue weighted by atomic mass is 19.1. The van der Waals surface area contributed by atoms with Crippen molar-refractivity contribution in [2.24, 2.45) is 0 Å². The van der Waals surface area contributed by atoms with Crippen LogP contribution in [0.3, 0.4) is 0 Å². The summed E-state index contributed by atoms with van der Waals surface area (Å²) in [6, 6.07) is 12.8. The molecule has 6 aromatic rings. The van der Waals surface area contributed by atoms with E-state index < -0.39 is 5.82 Å². The molecule has 0 bridgehead atoms. The zero-order valence-corrected chi connectivity index (χ0v) is 19.5. The Kier molecular flexibility index (Phi) is 5.41. The van der Waals surface area contributed by atoms with Gasteiger partial charge in [-0.1, -0.05) is 19.1 Å². The number of halogens is 2. The SMILES string of the molecule is CCC(=O)Nc1cncc(-c2cc3c(-c4nc5nccc(-c6cccc(F)c6)c5[nH]4)n[nH]c3cc2F)c1. The van der Waals surface area contributed by atoms with Crippen LogP contribution in [-0.4, -0.2) is 36.0 Å². The van der Waals surface area contributed by atoms with Gasteiger partial charge in [-0.3, -0.25) is 14.9 Å². The fourth-order valence-corrected chi connectivity index (χ4v) is 4.26. The Bertz CT molecular complexity index is 1810. The Balaban J connectivity index is 1.46. The van der Waals surface area contributed by atoms with Crippen molar-refractivity contribution in [3.05, 3.63) is 78.8 Å². The number of carbonyl (C=O) groups excluding carboxylic acids is 1. The second kappa shape index (κ2) is 8.90. The quantitative estimate of drug-likeness (QED) is 0.277. The minimum Gasteiger partial charge on any atom is -0.335 e. The Hall–Kier alpha value is -4.99. The van der Waals surface area contributed by atoms with Gasteiger partial charge in [0.15, 0.2) is 11.5 Å². The standard InChI is InChI=1S/C27H19F2N7O/c1-2-23(37)32-17-9-15(12-30-13-17)19-10-20-22(11-21(19)29)35-36-25(20)27-33-24-18(6-7-31-26(24)34-27)14-4-3-5-16(28)8-14/h3-13H,2H2,1H3,(H,32,37)(H,35,36)(H,31,33,34). The first-order valence-corrected chi connectivity index (χ1v) is 11.5. The molecule has 182 valence electrons. The third-order valence-electron chi connectivity index (χ3n) is 6.06. The fraction of sp³-hybridized carbons (Fsp3) is 0.0741. The van der Waals surface area contributed by atoms with Crippen LogP contribution in [0.15, 0.2) is 67.1 Å². The number of hydrogen-bond acceptors (Lipinski definition) is 5. The van der Waals surface area contributed by atoms with E-state index in [2.05, 4.69) is 35.5 Å². The number of pyridine rings is 2. The third-order valence-corrected chi connectivity index (χ3v) is 6.06. The molecule has 0 aliphatic rings. The molecule has 0 unspecified atom stereocenters. The van der Waals surface area contributed by atoms with Crippen LogP contribution in [0.5, 0.6) is 0 Å². The molecule has 0 atom stereocenters. The number of amides is 1. The van der Waals surface area contributed by atoms with E-state index in [1.165, 1.54) is 30.6 Å². The predicted molar refractivity (Wildman–Crippen MR) is 136 cm³/mol. The number of benzene rings is 2. The van der Waals surface area contributed by atoms with E-state index in [4.69, 9.17) is 0 Å². The zero-order chi connectivity index (χ0) is 25.5. The number of anilines is 1. The average Bonchev–Trinajstić information content (AvgIpc) is 3.51. The molecular weight excluding hydrogens is 476 g/mol. The lowest BCUT2D eigenvalue weighted by atomic mass is 10.0. The number of imidazole rings is 1. The molecule has 1 amide bonds. The molecular formula is C27H19F2N7O. The van der Waals surface area contributed by atoms with Gasteiger partial charge in [0.25, 0.3) is 0 Å². The number of aromatic amines is 2. The number of nitrogens with zero attached hydrogens (tertiary/aromatic N) is 4. The maximum atomic E-state index is 15.1. The van der Waals surface area contributed by atoms with Crippen molar-refractivity contribution in [2.75, 3.05) is 5.32 Å². The van der Waals surface area contributed by atoms with Gasteiger partial charge in [-0.25, -0.2) is 18.7 Å². The molecule has 0 saturated heterocycles. The smallest absolute Gasteiger partial charge is 0.224 e. The van der Waals surface area contributed by atoms with Crippen LogP contribution >= 0.6 is 0 Å². The summed E-state index contributed by atoms with van der Waals surface area (Å²) >= 11 is 0. The Morgan fingerprint density at radius 1 is 1.03 bits per heavy atom. The highest BCUT2D eigenvalue weighted by Crippen LogP contribution is 2.34. The van der Waals surface area contributed by atoms with E-state index in [0.717, 1.165) is 5.56 Å². The maximum Gasteiger partial charge on any atom is 0.224 e. The van der Waals surface area contributed by atoms with Gasteiger partial charge in [-0.05, 0) is 35.9 Å². The lowest BCUT2D eigenvalue weighted by Crippen LogP contribution is -2.09. The summed E-state index contributed by atoms with van der Waals surface area (Å²) in [5.74, 6) is -0.550. The van der Waals surface area contributed by atoms with Crippen molar-refractivity contribution >= 4 is 33.7 Å². The molecule has 37 heavy (non-hydrogen) atoms. The second-order valence-electron chi connectivity index (χ2n) is 8.47. The van der Waals surface area contributed by atoms with Crippen molar-refractivity contribution in [2.45, 2.75) is 13.3 Å². The Morgan fingerprint density at radius 3 is 2.76 bits per heavy atom. The highest BCUT2D eigenvalue weighted by Gasteiger charge is 2.18. The summed E-state index contributed by atoms with van der Waals surface area (Å²) in [7, 11) is 0. The lowest BCUT2D eigenvalue weighted by molar-refractivity contribution is -0.115. The molecule has 3 N–H and O–H groups in total. The van der Waals surface area contributed by atoms with Crippen molar-refractivity contribution in [3.8, 4) is 33.8 Å². The third kappa shape index (κ3) is 4.08. The van der Waals surface area contributed by atoms with Gasteiger partial charge < -0.3 is 10.3 Å². The fourth-order valence-electron chi connectivity index (χ4n) is 4.26. The lowest BCUT2D eigenvalue weighted by Gasteiger charge is -2.08. The van der Waals surface area contributed by atoms with Gasteiger partial charge in [-0.15, -0.1) is 0 Å². The molecule has 10 heteroatoms. The number of hydrogen-bond donors (Lipinski definition) is 3. The van der Waals surface area contributed by atoms with Crippen molar-refractivity contribution in [1.82, 2.24) is 30.1 Å². The van der Waals surface area contributed by atoms with Crippen molar-refractivity contribution < 1.29 is 13.6 Å². The number of rotatable bonds is 5. The molecule has 4 heterocycles. The van der Waals surface area contributed by atoms with Gasteiger partial charge in [0.1, 0.15) is 17.3 Å². The zero-order valence-electron chi connectivity index (χ0n) is 19.5. The van der Waals surface area contributed by atoms with E-state index in [0.29, 0.717) is 62.4 Å². The number of carbonyl (C=O) groups is 1. The van der Waals surface area contributed by atoms with Crippen molar-refractivity contribution in [1.29, 1.82) is 0 Å². The molecule has 0 radical (unpaired) electrons. The number of fused-ring (bicyclic) bond motifs is 2. The van der Waals surface area contributed by atoms with Crippen LogP contribution in [0.1, 0.15) is 13.3 Å². The number of H-pyrrole nitrogens is 2. The summed E-state index contributed by atoms with van der Waals surface area (Å²) < 4.78 is 29.0. The summed E-state index contributed by atoms with van der Waals surface area (Å²) in [5, 5.41) is 10.6. The molecule has 0 aliphatic heterocycles. The van der Waals surface area contributed by atoms with E-state index in [1.807, 2.05) is 6.07 Å². The molecule has 0 spiro atoms. The topological polar surface area (TPSA) is 112 Å². The average molecular weight is 495 g/mol. The Labute approximate surface area is 208 Å². The number of aromatic nitrogens is 6. The normalized spacial score (nSPS) is 11.3. The first kappa shape index (κ1) is 22.5. The minimum atomic E-state index is -0.469. The minimum absolute atomic E-state index is 0.164. The summed E-state index contributed by atoms with van der Waals surface area (Å²) in [6.07, 6.45) is 4.97. The molecule has 6 rings (SSSR count). The van der Waals surface area contributed by atoms with E-state index >= 15 is 4.39 Å². The van der Waals surface area contributed by atoms with Crippen molar-refractivity contribution in [3.63, 3.8) is 0 Å². The van der Waals surface area contributed by atoms with Crippen LogP contribution in [0, 0.1) is 11.6 Å². The van der Waals surface area contributed by atoms with E-state index in [1.54, 1.807) is 37.4 Å². The van der Waals surface area contributed by atoms with Crippen LogP contribution in [0.4, 0.5) is 14.5 Å². The van der Waals surface area contributed by atoms with Crippen LogP contribution in [0.25, 0.3) is 55.8 Å². The predicted octanol–water partition coefficient (Wildman–Crippen LogP) is 5.86. The molecule has 2 aromatic carbocycles. The molecule has 0 saturated carbocycles. The molecule has 4 aromatic heterocycles. The van der Waals surface area contributed by atoms with Gasteiger partial charge in [0.05, 0.1) is 22.9 Å². The maximum absolute atomic E-state index is 15.1.